The highest BCUT2D eigenvalue weighted by Gasteiger charge is 2.30. The number of benzene rings is 2. The fourth-order valence-electron chi connectivity index (χ4n) is 2.85. The van der Waals surface area contributed by atoms with Crippen LogP contribution in [0.4, 0.5) is 13.2 Å². The molecule has 0 aliphatic heterocycles. The first-order chi connectivity index (χ1) is 13.0. The quantitative estimate of drug-likeness (QED) is 0.630. The summed E-state index contributed by atoms with van der Waals surface area (Å²) in [5.74, 6) is 0.413. The summed E-state index contributed by atoms with van der Waals surface area (Å²) in [6.07, 6.45) is -1.79. The van der Waals surface area contributed by atoms with E-state index in [1.165, 1.54) is 17.7 Å². The van der Waals surface area contributed by atoms with Crippen molar-refractivity contribution in [3.05, 3.63) is 83.7 Å². The van der Waals surface area contributed by atoms with Crippen molar-refractivity contribution in [3.8, 4) is 11.4 Å². The number of hydrogen-bond acceptors (Lipinski definition) is 3. The molecule has 0 unspecified atom stereocenters. The summed E-state index contributed by atoms with van der Waals surface area (Å²) in [5, 5.41) is 3.47. The molecule has 1 heterocycles. The van der Waals surface area contributed by atoms with E-state index in [1.807, 2.05) is 18.2 Å². The maximum absolute atomic E-state index is 12.7. The third kappa shape index (κ3) is 4.92. The lowest BCUT2D eigenvalue weighted by molar-refractivity contribution is -0.137. The van der Waals surface area contributed by atoms with E-state index in [9.17, 15) is 13.2 Å². The molecule has 27 heavy (non-hydrogen) atoms. The van der Waals surface area contributed by atoms with E-state index in [1.54, 1.807) is 12.3 Å². The number of nitrogens with zero attached hydrogens (tertiary/aromatic N) is 2. The zero-order valence-electron chi connectivity index (χ0n) is 14.9. The summed E-state index contributed by atoms with van der Waals surface area (Å²) < 4.78 is 38.1. The van der Waals surface area contributed by atoms with Crippen molar-refractivity contribution in [2.75, 3.05) is 0 Å². The smallest absolute Gasteiger partial charge is 0.304 e. The Labute approximate surface area is 156 Å². The van der Waals surface area contributed by atoms with Gasteiger partial charge in [-0.15, -0.1) is 0 Å². The van der Waals surface area contributed by atoms with Gasteiger partial charge in [0.2, 0.25) is 0 Å². The van der Waals surface area contributed by atoms with Crippen LogP contribution in [0.5, 0.6) is 0 Å². The molecule has 0 saturated heterocycles. The molecule has 3 rings (SSSR count). The van der Waals surface area contributed by atoms with Crippen molar-refractivity contribution in [3.63, 3.8) is 0 Å². The number of rotatable bonds is 6. The van der Waals surface area contributed by atoms with E-state index < -0.39 is 11.7 Å². The lowest BCUT2D eigenvalue weighted by atomic mass is 10.0. The molecule has 0 spiro atoms. The van der Waals surface area contributed by atoms with E-state index in [2.05, 4.69) is 34.3 Å². The molecule has 0 saturated carbocycles. The van der Waals surface area contributed by atoms with Gasteiger partial charge < -0.3 is 5.32 Å². The molecular weight excluding hydrogens is 351 g/mol. The van der Waals surface area contributed by atoms with Crippen molar-refractivity contribution >= 4 is 0 Å². The zero-order valence-corrected chi connectivity index (χ0v) is 14.9. The van der Waals surface area contributed by atoms with Crippen molar-refractivity contribution in [2.45, 2.75) is 32.1 Å². The Hall–Kier alpha value is -2.73. The normalized spacial score (nSPS) is 12.7. The minimum absolute atomic E-state index is 0.204. The fraction of sp³-hybridized carbons (Fsp3) is 0.238. The Morgan fingerprint density at radius 2 is 1.67 bits per heavy atom. The summed E-state index contributed by atoms with van der Waals surface area (Å²) >= 11 is 0. The van der Waals surface area contributed by atoms with Gasteiger partial charge >= 0.3 is 6.18 Å². The molecule has 0 amide bonds. The van der Waals surface area contributed by atoms with Gasteiger partial charge in [-0.25, -0.2) is 9.97 Å². The van der Waals surface area contributed by atoms with Gasteiger partial charge in [0.05, 0.1) is 11.3 Å². The van der Waals surface area contributed by atoms with Crippen LogP contribution in [0.3, 0.4) is 0 Å². The van der Waals surface area contributed by atoms with E-state index in [4.69, 9.17) is 0 Å². The minimum atomic E-state index is -4.35. The van der Waals surface area contributed by atoms with Crippen LogP contribution >= 0.6 is 0 Å². The number of nitrogens with one attached hydrogen (secondary N) is 1. The maximum atomic E-state index is 12.7. The summed E-state index contributed by atoms with van der Waals surface area (Å²) in [4.78, 5) is 8.67. The molecule has 0 aliphatic carbocycles. The molecule has 0 fully saturated rings. The van der Waals surface area contributed by atoms with Crippen molar-refractivity contribution < 1.29 is 13.2 Å². The Balaban J connectivity index is 1.72. The molecule has 1 atom stereocenters. The molecule has 6 heteroatoms. The molecule has 1 aromatic heterocycles. The second-order valence-electron chi connectivity index (χ2n) is 6.20. The standard InChI is InChI=1S/C21H20F3N3/c1-2-19(15-6-4-3-5-7-15)26-14-18-12-13-25-20(27-18)16-8-10-17(11-9-16)21(22,23)24/h3-13,19,26H,2,14H2,1H3/t19-/m0/s1. The number of alkyl halides is 3. The van der Waals surface area contributed by atoms with E-state index in [-0.39, 0.29) is 6.04 Å². The van der Waals surface area contributed by atoms with Crippen LogP contribution in [0, 0.1) is 0 Å². The van der Waals surface area contributed by atoms with Gasteiger partial charge in [0.25, 0.3) is 0 Å². The monoisotopic (exact) mass is 371 g/mol. The van der Waals surface area contributed by atoms with Crippen LogP contribution < -0.4 is 5.32 Å². The molecular formula is C21H20F3N3. The fourth-order valence-corrected chi connectivity index (χ4v) is 2.85. The second-order valence-corrected chi connectivity index (χ2v) is 6.20. The predicted molar refractivity (Wildman–Crippen MR) is 98.8 cm³/mol. The Bertz CT molecular complexity index is 862. The highest BCUT2D eigenvalue weighted by molar-refractivity contribution is 5.55. The summed E-state index contributed by atoms with van der Waals surface area (Å²) in [6.45, 7) is 2.65. The van der Waals surface area contributed by atoms with Gasteiger partial charge in [-0.05, 0) is 30.2 Å². The van der Waals surface area contributed by atoms with Crippen LogP contribution in [-0.2, 0) is 12.7 Å². The van der Waals surface area contributed by atoms with Crippen molar-refractivity contribution in [2.24, 2.45) is 0 Å². The molecule has 0 aliphatic rings. The third-order valence-corrected chi connectivity index (χ3v) is 4.32. The zero-order chi connectivity index (χ0) is 19.3. The maximum Gasteiger partial charge on any atom is 0.416 e. The van der Waals surface area contributed by atoms with Crippen molar-refractivity contribution in [1.29, 1.82) is 0 Å². The third-order valence-electron chi connectivity index (χ3n) is 4.32. The minimum Gasteiger partial charge on any atom is -0.304 e. The van der Waals surface area contributed by atoms with Gasteiger partial charge in [-0.3, -0.25) is 0 Å². The Morgan fingerprint density at radius 3 is 2.30 bits per heavy atom. The van der Waals surface area contributed by atoms with Gasteiger partial charge in [0.15, 0.2) is 5.82 Å². The first-order valence-electron chi connectivity index (χ1n) is 8.75. The predicted octanol–water partition coefficient (Wildman–Crippen LogP) is 5.40. The van der Waals surface area contributed by atoms with E-state index in [0.29, 0.717) is 17.9 Å². The SMILES string of the molecule is CC[C@H](NCc1ccnc(-c2ccc(C(F)(F)F)cc2)n1)c1ccccc1. The molecule has 3 nitrogen and oxygen atoms in total. The molecule has 2 aromatic carbocycles. The number of hydrogen-bond donors (Lipinski definition) is 1. The number of aromatic nitrogens is 2. The highest BCUT2D eigenvalue weighted by atomic mass is 19.4. The Kier molecular flexibility index (Phi) is 5.86. The van der Waals surface area contributed by atoms with Crippen LogP contribution in [0.2, 0.25) is 0 Å². The summed E-state index contributed by atoms with van der Waals surface area (Å²) in [5.41, 5.74) is 1.86. The highest BCUT2D eigenvalue weighted by Crippen LogP contribution is 2.30. The Morgan fingerprint density at radius 1 is 0.963 bits per heavy atom. The van der Waals surface area contributed by atoms with Gasteiger partial charge in [-0.2, -0.15) is 13.2 Å². The molecule has 0 bridgehead atoms. The van der Waals surface area contributed by atoms with Crippen LogP contribution in [-0.4, -0.2) is 9.97 Å². The lowest BCUT2D eigenvalue weighted by Crippen LogP contribution is -2.21. The van der Waals surface area contributed by atoms with E-state index >= 15 is 0 Å². The van der Waals surface area contributed by atoms with Crippen molar-refractivity contribution in [1.82, 2.24) is 15.3 Å². The first kappa shape index (κ1) is 19.0. The lowest BCUT2D eigenvalue weighted by Gasteiger charge is -2.17. The largest absolute Gasteiger partial charge is 0.416 e. The van der Waals surface area contributed by atoms with Gasteiger partial charge in [0.1, 0.15) is 0 Å². The number of halogens is 3. The van der Waals surface area contributed by atoms with Crippen LogP contribution in [0.1, 0.15) is 36.2 Å². The second kappa shape index (κ2) is 8.31. The first-order valence-corrected chi connectivity index (χ1v) is 8.75. The summed E-state index contributed by atoms with van der Waals surface area (Å²) in [6, 6.07) is 17.1. The summed E-state index contributed by atoms with van der Waals surface area (Å²) in [7, 11) is 0. The average molecular weight is 371 g/mol. The van der Waals surface area contributed by atoms with Crippen LogP contribution in [0.25, 0.3) is 11.4 Å². The molecule has 140 valence electrons. The van der Waals surface area contributed by atoms with Gasteiger partial charge in [-0.1, -0.05) is 49.4 Å². The molecule has 3 aromatic rings. The van der Waals surface area contributed by atoms with E-state index in [0.717, 1.165) is 24.2 Å². The van der Waals surface area contributed by atoms with Gasteiger partial charge in [0, 0.05) is 24.3 Å². The average Bonchev–Trinajstić information content (AvgIpc) is 2.69. The molecule has 1 N–H and O–H groups in total. The topological polar surface area (TPSA) is 37.8 Å². The molecule has 0 radical (unpaired) electrons. The van der Waals surface area contributed by atoms with Crippen LogP contribution in [0.15, 0.2) is 66.9 Å².